The molecule has 0 aliphatic carbocycles. The summed E-state index contributed by atoms with van der Waals surface area (Å²) in [5.74, 6) is -0.331. The fourth-order valence-electron chi connectivity index (χ4n) is 4.60. The summed E-state index contributed by atoms with van der Waals surface area (Å²) in [5, 5.41) is 9.19. The molecule has 10 heteroatoms. The second-order valence-electron chi connectivity index (χ2n) is 8.82. The number of carboxylic acid groups (broad SMARTS) is 1. The maximum absolute atomic E-state index is 12.9. The van der Waals surface area contributed by atoms with Gasteiger partial charge in [0.05, 0.1) is 11.6 Å². The maximum atomic E-state index is 12.9. The lowest BCUT2D eigenvalue weighted by molar-refractivity contribution is -0.142. The van der Waals surface area contributed by atoms with Crippen molar-refractivity contribution in [3.63, 3.8) is 0 Å². The van der Waals surface area contributed by atoms with Crippen molar-refractivity contribution in [1.82, 2.24) is 19.4 Å². The van der Waals surface area contributed by atoms with Crippen LogP contribution in [0.2, 0.25) is 0 Å². The molecular formula is C26H25F2N5O3. The van der Waals surface area contributed by atoms with E-state index in [1.165, 1.54) is 6.07 Å². The zero-order chi connectivity index (χ0) is 25.2. The lowest BCUT2D eigenvalue weighted by Crippen LogP contribution is -2.37. The number of rotatable bonds is 7. The highest BCUT2D eigenvalue weighted by Crippen LogP contribution is 2.27. The number of ether oxygens (including phenoxy) is 1. The van der Waals surface area contributed by atoms with Crippen LogP contribution in [0, 0.1) is 12.8 Å². The summed E-state index contributed by atoms with van der Waals surface area (Å²) in [6, 6.07) is 10.6. The van der Waals surface area contributed by atoms with Crippen LogP contribution in [0.1, 0.15) is 29.8 Å². The molecule has 3 aromatic heterocycles. The second kappa shape index (κ2) is 9.88. The number of hydrogen-bond acceptors (Lipinski definition) is 6. The first kappa shape index (κ1) is 23.7. The number of anilines is 1. The minimum absolute atomic E-state index is 0.148. The van der Waals surface area contributed by atoms with E-state index < -0.39 is 12.6 Å². The second-order valence-corrected chi connectivity index (χ2v) is 8.82. The van der Waals surface area contributed by atoms with Crippen molar-refractivity contribution in [2.75, 3.05) is 18.0 Å². The van der Waals surface area contributed by atoms with E-state index in [1.807, 2.05) is 34.6 Å². The van der Waals surface area contributed by atoms with Crippen LogP contribution < -0.4 is 9.64 Å². The van der Waals surface area contributed by atoms with E-state index in [2.05, 4.69) is 15.0 Å². The Hall–Kier alpha value is -4.08. The number of hydrogen-bond donors (Lipinski definition) is 1. The van der Waals surface area contributed by atoms with Crippen molar-refractivity contribution >= 4 is 17.6 Å². The van der Waals surface area contributed by atoms with Crippen LogP contribution in [-0.4, -0.2) is 50.1 Å². The van der Waals surface area contributed by atoms with E-state index in [9.17, 15) is 18.7 Å². The van der Waals surface area contributed by atoms with Gasteiger partial charge in [-0.25, -0.2) is 15.0 Å². The smallest absolute Gasteiger partial charge is 0.387 e. The number of carbonyl (C=O) groups is 1. The molecule has 36 heavy (non-hydrogen) atoms. The number of imidazole rings is 1. The van der Waals surface area contributed by atoms with Gasteiger partial charge in [-0.05, 0) is 38.0 Å². The Morgan fingerprint density at radius 2 is 1.83 bits per heavy atom. The number of carboxylic acids is 1. The first-order chi connectivity index (χ1) is 17.4. The molecule has 4 heterocycles. The average Bonchev–Trinajstić information content (AvgIpc) is 3.19. The lowest BCUT2D eigenvalue weighted by Gasteiger charge is -2.30. The molecule has 1 aliphatic rings. The van der Waals surface area contributed by atoms with Crippen LogP contribution in [0.3, 0.4) is 0 Å². The predicted octanol–water partition coefficient (Wildman–Crippen LogP) is 4.59. The predicted molar refractivity (Wildman–Crippen MR) is 129 cm³/mol. The number of fused-ring (bicyclic) bond motifs is 1. The molecule has 5 rings (SSSR count). The van der Waals surface area contributed by atoms with Gasteiger partial charge in [0, 0.05) is 60.5 Å². The molecule has 0 bridgehead atoms. The first-order valence-corrected chi connectivity index (χ1v) is 11.7. The van der Waals surface area contributed by atoms with Crippen LogP contribution >= 0.6 is 0 Å². The van der Waals surface area contributed by atoms with Gasteiger partial charge in [0.2, 0.25) is 5.95 Å². The molecule has 0 radical (unpaired) electrons. The summed E-state index contributed by atoms with van der Waals surface area (Å²) in [4.78, 5) is 26.8. The van der Waals surface area contributed by atoms with E-state index in [-0.39, 0.29) is 11.7 Å². The standard InChI is InChI=1S/C26H25F2N5O3/c1-16-21(12-18-4-2-3-5-22(18)36-25(27)28)33-15-19(6-7-23(33)31-16)20-13-29-26(30-14-20)32-10-8-17(9-11-32)24(34)35/h2-7,13-15,17,25H,8-12H2,1H3,(H,34,35). The molecule has 4 aromatic rings. The average molecular weight is 494 g/mol. The van der Waals surface area contributed by atoms with Crippen LogP contribution in [0.5, 0.6) is 5.75 Å². The number of halogens is 2. The largest absolute Gasteiger partial charge is 0.481 e. The third-order valence-corrected chi connectivity index (χ3v) is 6.56. The zero-order valence-electron chi connectivity index (χ0n) is 19.6. The summed E-state index contributed by atoms with van der Waals surface area (Å²) in [6.07, 6.45) is 6.97. The van der Waals surface area contributed by atoms with Crippen LogP contribution in [-0.2, 0) is 11.2 Å². The van der Waals surface area contributed by atoms with Gasteiger partial charge in [-0.15, -0.1) is 0 Å². The van der Waals surface area contributed by atoms with Crippen LogP contribution in [0.25, 0.3) is 16.8 Å². The molecule has 1 N–H and O–H groups in total. The molecule has 0 unspecified atom stereocenters. The number of pyridine rings is 1. The number of benzene rings is 1. The van der Waals surface area contributed by atoms with Crippen molar-refractivity contribution in [3.8, 4) is 16.9 Å². The third kappa shape index (κ3) is 4.84. The van der Waals surface area contributed by atoms with Gasteiger partial charge < -0.3 is 19.1 Å². The Kier molecular flexibility index (Phi) is 6.49. The van der Waals surface area contributed by atoms with E-state index in [0.717, 1.165) is 28.2 Å². The van der Waals surface area contributed by atoms with Crippen LogP contribution in [0.4, 0.5) is 14.7 Å². The monoisotopic (exact) mass is 493 g/mol. The van der Waals surface area contributed by atoms with Crippen molar-refractivity contribution in [2.45, 2.75) is 32.8 Å². The summed E-state index contributed by atoms with van der Waals surface area (Å²) in [6.45, 7) is 0.213. The molecule has 0 amide bonds. The van der Waals surface area contributed by atoms with Crippen LogP contribution in [0.15, 0.2) is 55.0 Å². The Balaban J connectivity index is 1.40. The van der Waals surface area contributed by atoms with E-state index in [0.29, 0.717) is 43.9 Å². The molecule has 1 aromatic carbocycles. The molecule has 0 atom stereocenters. The normalized spacial score (nSPS) is 14.5. The van der Waals surface area contributed by atoms with Gasteiger partial charge >= 0.3 is 12.6 Å². The Morgan fingerprint density at radius 1 is 1.11 bits per heavy atom. The maximum Gasteiger partial charge on any atom is 0.387 e. The number of nitrogens with zero attached hydrogens (tertiary/aromatic N) is 5. The number of aliphatic carboxylic acids is 1. The van der Waals surface area contributed by atoms with Crippen molar-refractivity contribution < 1.29 is 23.4 Å². The molecule has 186 valence electrons. The van der Waals surface area contributed by atoms with Gasteiger partial charge in [-0.1, -0.05) is 18.2 Å². The SMILES string of the molecule is Cc1nc2ccc(-c3cnc(N4CCC(C(=O)O)CC4)nc3)cn2c1Cc1ccccc1OC(F)F. The Morgan fingerprint density at radius 3 is 2.53 bits per heavy atom. The van der Waals surface area contributed by atoms with Gasteiger partial charge in [0.25, 0.3) is 0 Å². The molecular weight excluding hydrogens is 468 g/mol. The van der Waals surface area contributed by atoms with Crippen molar-refractivity contribution in [3.05, 3.63) is 71.9 Å². The van der Waals surface area contributed by atoms with Gasteiger partial charge in [0.1, 0.15) is 11.4 Å². The topological polar surface area (TPSA) is 92.9 Å². The van der Waals surface area contributed by atoms with Crippen molar-refractivity contribution in [1.29, 1.82) is 0 Å². The number of aryl methyl sites for hydroxylation is 1. The summed E-state index contributed by atoms with van der Waals surface area (Å²) in [5.41, 5.74) is 4.77. The van der Waals surface area contributed by atoms with E-state index >= 15 is 0 Å². The number of piperidine rings is 1. The highest BCUT2D eigenvalue weighted by atomic mass is 19.3. The highest BCUT2D eigenvalue weighted by molar-refractivity contribution is 5.70. The Labute approximate surface area is 206 Å². The number of aromatic nitrogens is 4. The Bertz CT molecular complexity index is 1380. The molecule has 0 spiro atoms. The van der Waals surface area contributed by atoms with Gasteiger partial charge in [0.15, 0.2) is 0 Å². The molecule has 1 aliphatic heterocycles. The highest BCUT2D eigenvalue weighted by Gasteiger charge is 2.25. The first-order valence-electron chi connectivity index (χ1n) is 11.7. The number of alkyl halides is 2. The van der Waals surface area contributed by atoms with Gasteiger partial charge in [-0.2, -0.15) is 8.78 Å². The lowest BCUT2D eigenvalue weighted by atomic mass is 9.97. The summed E-state index contributed by atoms with van der Waals surface area (Å²) < 4.78 is 32.4. The minimum Gasteiger partial charge on any atom is -0.481 e. The fraction of sp³-hybridized carbons (Fsp3) is 0.308. The molecule has 8 nitrogen and oxygen atoms in total. The zero-order valence-corrected chi connectivity index (χ0v) is 19.6. The molecule has 1 saturated heterocycles. The quantitative estimate of drug-likeness (QED) is 0.402. The summed E-state index contributed by atoms with van der Waals surface area (Å²) in [7, 11) is 0. The van der Waals surface area contributed by atoms with Gasteiger partial charge in [-0.3, -0.25) is 4.79 Å². The molecule has 1 fully saturated rings. The summed E-state index contributed by atoms with van der Waals surface area (Å²) >= 11 is 0. The van der Waals surface area contributed by atoms with Crippen molar-refractivity contribution in [2.24, 2.45) is 5.92 Å². The molecule has 0 saturated carbocycles. The van der Waals surface area contributed by atoms with E-state index in [1.54, 1.807) is 30.6 Å². The third-order valence-electron chi connectivity index (χ3n) is 6.56. The van der Waals surface area contributed by atoms with E-state index in [4.69, 9.17) is 4.74 Å². The number of para-hydroxylation sites is 1. The fourth-order valence-corrected chi connectivity index (χ4v) is 4.60. The minimum atomic E-state index is -2.90.